The Morgan fingerprint density at radius 2 is 2.12 bits per heavy atom. The molecule has 25 heavy (non-hydrogen) atoms. The summed E-state index contributed by atoms with van der Waals surface area (Å²) in [7, 11) is 0. The lowest BCUT2D eigenvalue weighted by Crippen LogP contribution is -2.28. The number of halogens is 1. The van der Waals surface area contributed by atoms with Crippen LogP contribution in [0.15, 0.2) is 17.6 Å². The van der Waals surface area contributed by atoms with E-state index < -0.39 is 5.97 Å². The zero-order valence-electron chi connectivity index (χ0n) is 14.4. The highest BCUT2D eigenvalue weighted by molar-refractivity contribution is 7.07. The fourth-order valence-electron chi connectivity index (χ4n) is 2.58. The van der Waals surface area contributed by atoms with Crippen molar-refractivity contribution in [2.45, 2.75) is 45.4 Å². The number of unbranched alkanes of at least 4 members (excludes halogenated alkanes) is 4. The van der Waals surface area contributed by atoms with Gasteiger partial charge in [-0.05, 0) is 12.5 Å². The first kappa shape index (κ1) is 19.7. The van der Waals surface area contributed by atoms with E-state index in [0.29, 0.717) is 10.8 Å². The van der Waals surface area contributed by atoms with Crippen LogP contribution < -0.4 is 4.90 Å². The number of carboxylic acid groups (broad SMARTS) is 1. The molecule has 0 aromatic carbocycles. The number of aromatic nitrogens is 2. The number of hydrogen-bond donors (Lipinski definition) is 1. The Morgan fingerprint density at radius 1 is 1.32 bits per heavy atom. The summed E-state index contributed by atoms with van der Waals surface area (Å²) in [6.07, 6.45) is 8.07. The van der Waals surface area contributed by atoms with Crippen LogP contribution in [0.2, 0.25) is 5.02 Å². The number of nitrogens with zero attached hydrogens (tertiary/aromatic N) is 3. The van der Waals surface area contributed by atoms with Gasteiger partial charge in [0.1, 0.15) is 5.82 Å². The van der Waals surface area contributed by atoms with Crippen LogP contribution in [0.3, 0.4) is 0 Å². The molecule has 0 unspecified atom stereocenters. The third kappa shape index (κ3) is 6.29. The van der Waals surface area contributed by atoms with Gasteiger partial charge in [-0.1, -0.05) is 44.2 Å². The van der Waals surface area contributed by atoms with Gasteiger partial charge in [-0.3, -0.25) is 0 Å². The van der Waals surface area contributed by atoms with Crippen molar-refractivity contribution in [2.75, 3.05) is 18.0 Å². The Hall–Kier alpha value is -1.66. The first-order valence-electron chi connectivity index (χ1n) is 8.56. The highest BCUT2D eigenvalue weighted by atomic mass is 35.5. The molecule has 2 aromatic heterocycles. The van der Waals surface area contributed by atoms with Crippen molar-refractivity contribution in [1.29, 1.82) is 0 Å². The van der Waals surface area contributed by atoms with Crippen molar-refractivity contribution in [3.63, 3.8) is 0 Å². The van der Waals surface area contributed by atoms with Crippen LogP contribution >= 0.6 is 22.9 Å². The molecule has 2 rings (SSSR count). The Kier molecular flexibility index (Phi) is 8.15. The van der Waals surface area contributed by atoms with E-state index in [4.69, 9.17) is 16.7 Å². The van der Waals surface area contributed by atoms with E-state index in [0.717, 1.165) is 31.6 Å². The van der Waals surface area contributed by atoms with Crippen molar-refractivity contribution >= 4 is 34.7 Å². The van der Waals surface area contributed by atoms with Gasteiger partial charge in [0.05, 0.1) is 16.3 Å². The SMILES string of the molecule is CCCCCCCN(CCc1cs[c]n1)c1ncc(C(=O)O)cc1Cl. The lowest BCUT2D eigenvalue weighted by Gasteiger charge is -2.24. The summed E-state index contributed by atoms with van der Waals surface area (Å²) in [5.41, 5.74) is 3.96. The molecule has 135 valence electrons. The van der Waals surface area contributed by atoms with Gasteiger partial charge in [0.2, 0.25) is 0 Å². The minimum absolute atomic E-state index is 0.103. The quantitative estimate of drug-likeness (QED) is 0.572. The molecule has 0 amide bonds. The van der Waals surface area contributed by atoms with Gasteiger partial charge in [0.15, 0.2) is 5.51 Å². The fraction of sp³-hybridized carbons (Fsp3) is 0.500. The summed E-state index contributed by atoms with van der Waals surface area (Å²) in [4.78, 5) is 21.7. The topological polar surface area (TPSA) is 66.3 Å². The van der Waals surface area contributed by atoms with Crippen LogP contribution in [-0.2, 0) is 6.42 Å². The third-order valence-electron chi connectivity index (χ3n) is 3.97. The number of aromatic carboxylic acids is 1. The van der Waals surface area contributed by atoms with Gasteiger partial charge < -0.3 is 10.0 Å². The minimum Gasteiger partial charge on any atom is -0.478 e. The van der Waals surface area contributed by atoms with Crippen molar-refractivity contribution in [3.05, 3.63) is 39.4 Å². The molecule has 0 fully saturated rings. The molecule has 0 aliphatic carbocycles. The van der Waals surface area contributed by atoms with E-state index in [1.807, 2.05) is 5.38 Å². The molecular weight excluding hydrogens is 358 g/mol. The monoisotopic (exact) mass is 380 g/mol. The molecule has 0 bridgehead atoms. The Balaban J connectivity index is 2.05. The molecule has 5 nitrogen and oxygen atoms in total. The van der Waals surface area contributed by atoms with Crippen molar-refractivity contribution in [2.24, 2.45) is 0 Å². The smallest absolute Gasteiger partial charge is 0.337 e. The van der Waals surface area contributed by atoms with Crippen LogP contribution in [0.1, 0.15) is 55.1 Å². The Bertz CT molecular complexity index is 664. The molecule has 0 spiro atoms. The molecule has 1 N–H and O–H groups in total. The molecule has 0 aliphatic heterocycles. The molecule has 0 saturated carbocycles. The average Bonchev–Trinajstić information content (AvgIpc) is 3.11. The molecule has 2 heterocycles. The third-order valence-corrected chi connectivity index (χ3v) is 4.84. The van der Waals surface area contributed by atoms with E-state index in [-0.39, 0.29) is 5.56 Å². The second-order valence-electron chi connectivity index (χ2n) is 5.92. The van der Waals surface area contributed by atoms with E-state index in [2.05, 4.69) is 27.3 Å². The lowest BCUT2D eigenvalue weighted by atomic mass is 10.1. The molecule has 2 aromatic rings. The van der Waals surface area contributed by atoms with Gasteiger partial charge in [-0.25, -0.2) is 14.8 Å². The zero-order valence-corrected chi connectivity index (χ0v) is 15.9. The Morgan fingerprint density at radius 3 is 2.76 bits per heavy atom. The normalized spacial score (nSPS) is 10.8. The molecule has 0 aliphatic rings. The first-order chi connectivity index (χ1) is 12.1. The maximum Gasteiger partial charge on any atom is 0.337 e. The summed E-state index contributed by atoms with van der Waals surface area (Å²) in [6, 6.07) is 1.47. The second kappa shape index (κ2) is 10.4. The number of carboxylic acids is 1. The highest BCUT2D eigenvalue weighted by Crippen LogP contribution is 2.25. The van der Waals surface area contributed by atoms with Gasteiger partial charge in [-0.2, -0.15) is 0 Å². The predicted molar refractivity (Wildman–Crippen MR) is 102 cm³/mol. The van der Waals surface area contributed by atoms with Crippen molar-refractivity contribution < 1.29 is 9.90 Å². The summed E-state index contributed by atoms with van der Waals surface area (Å²) < 4.78 is 0. The number of thiazole rings is 1. The summed E-state index contributed by atoms with van der Waals surface area (Å²) in [6.45, 7) is 3.78. The minimum atomic E-state index is -1.02. The largest absolute Gasteiger partial charge is 0.478 e. The van der Waals surface area contributed by atoms with Crippen LogP contribution in [0.4, 0.5) is 5.82 Å². The number of carbonyl (C=O) groups is 1. The molecule has 1 radical (unpaired) electrons. The maximum atomic E-state index is 11.1. The van der Waals surface area contributed by atoms with E-state index in [1.54, 1.807) is 0 Å². The van der Waals surface area contributed by atoms with Gasteiger partial charge in [0.25, 0.3) is 0 Å². The molecular formula is C18H23ClN3O2S. The summed E-state index contributed by atoms with van der Waals surface area (Å²) in [5.74, 6) is -0.383. The number of hydrogen-bond acceptors (Lipinski definition) is 5. The summed E-state index contributed by atoms with van der Waals surface area (Å²) >= 11 is 7.76. The average molecular weight is 381 g/mol. The fourth-order valence-corrected chi connectivity index (χ4v) is 3.40. The van der Waals surface area contributed by atoms with Gasteiger partial charge in [-0.15, -0.1) is 11.3 Å². The highest BCUT2D eigenvalue weighted by Gasteiger charge is 2.15. The van der Waals surface area contributed by atoms with Gasteiger partial charge in [0, 0.05) is 31.1 Å². The van der Waals surface area contributed by atoms with Crippen LogP contribution in [0.25, 0.3) is 0 Å². The van der Waals surface area contributed by atoms with E-state index >= 15 is 0 Å². The summed E-state index contributed by atoms with van der Waals surface area (Å²) in [5, 5.41) is 11.4. The Labute approximate surface area is 157 Å². The van der Waals surface area contributed by atoms with E-state index in [1.165, 1.54) is 49.3 Å². The number of pyridine rings is 1. The van der Waals surface area contributed by atoms with Crippen LogP contribution in [0, 0.1) is 5.51 Å². The maximum absolute atomic E-state index is 11.1. The van der Waals surface area contributed by atoms with Crippen molar-refractivity contribution in [1.82, 2.24) is 9.97 Å². The molecule has 0 atom stereocenters. The van der Waals surface area contributed by atoms with Crippen LogP contribution in [-0.4, -0.2) is 34.1 Å². The second-order valence-corrected chi connectivity index (χ2v) is 6.98. The standard InChI is InChI=1S/C18H23ClN3O2S/c1-2-3-4-5-6-8-22(9-7-15-12-25-13-21-15)17-16(19)10-14(11-20-17)18(23)24/h10-12H,2-9H2,1H3,(H,23,24). The number of anilines is 1. The molecule has 0 saturated heterocycles. The van der Waals surface area contributed by atoms with Crippen molar-refractivity contribution in [3.8, 4) is 0 Å². The molecule has 7 heteroatoms. The van der Waals surface area contributed by atoms with Crippen LogP contribution in [0.5, 0.6) is 0 Å². The van der Waals surface area contributed by atoms with E-state index in [9.17, 15) is 4.79 Å². The first-order valence-corrected chi connectivity index (χ1v) is 9.81. The predicted octanol–water partition coefficient (Wildman–Crippen LogP) is 4.71. The zero-order chi connectivity index (χ0) is 18.1. The number of rotatable bonds is 11. The lowest BCUT2D eigenvalue weighted by molar-refractivity contribution is 0.0696. The van der Waals surface area contributed by atoms with Gasteiger partial charge >= 0.3 is 5.97 Å².